The highest BCUT2D eigenvalue weighted by Gasteiger charge is 2.51. The highest BCUT2D eigenvalue weighted by molar-refractivity contribution is 5.87. The molecule has 0 heterocycles. The number of methoxy groups -OCH3 is 2. The van der Waals surface area contributed by atoms with Crippen LogP contribution in [0.2, 0.25) is 0 Å². The fourth-order valence-corrected chi connectivity index (χ4v) is 2.80. The van der Waals surface area contributed by atoms with E-state index in [1.54, 1.807) is 41.5 Å². The van der Waals surface area contributed by atoms with Gasteiger partial charge in [-0.05, 0) is 43.9 Å². The van der Waals surface area contributed by atoms with Gasteiger partial charge in [-0.1, -0.05) is 48.1 Å². The predicted octanol–water partition coefficient (Wildman–Crippen LogP) is 4.64. The zero-order valence-corrected chi connectivity index (χ0v) is 25.8. The molecule has 0 bridgehead atoms. The number of ether oxygens (including phenoxy) is 3. The van der Waals surface area contributed by atoms with Crippen LogP contribution in [0.5, 0.6) is 0 Å². The van der Waals surface area contributed by atoms with Crippen LogP contribution in [0.4, 0.5) is 26.3 Å². The van der Waals surface area contributed by atoms with Crippen molar-refractivity contribution in [1.82, 2.24) is 0 Å². The molecule has 0 saturated heterocycles. The van der Waals surface area contributed by atoms with Crippen LogP contribution in [-0.4, -0.2) is 89.5 Å². The molecule has 0 aliphatic rings. The van der Waals surface area contributed by atoms with Gasteiger partial charge in [-0.25, -0.2) is 19.2 Å². The number of aliphatic hydroxyl groups excluding tert-OH is 2. The number of hydrogen-bond donors (Lipinski definition) is 3. The molecule has 3 unspecified atom stereocenters. The molecular formula is C27H44F6O10. The molecule has 0 aromatic rings. The third-order valence-electron chi connectivity index (χ3n) is 5.11. The number of carboxylic acid groups (broad SMARTS) is 1. The van der Waals surface area contributed by atoms with Crippen molar-refractivity contribution in [2.75, 3.05) is 14.2 Å². The van der Waals surface area contributed by atoms with Crippen molar-refractivity contribution in [3.8, 4) is 0 Å². The van der Waals surface area contributed by atoms with Gasteiger partial charge in [-0.15, -0.1) is 0 Å². The number of halogens is 6. The summed E-state index contributed by atoms with van der Waals surface area (Å²) in [6.07, 6.45) is -6.44. The maximum atomic E-state index is 13.7. The molecule has 0 saturated carbocycles. The number of carbonyl (C=O) groups excluding carboxylic acids is 3. The fourth-order valence-electron chi connectivity index (χ4n) is 2.80. The zero-order valence-electron chi connectivity index (χ0n) is 25.8. The SMILES string of the molecule is C=C(C)C(=O)OC(CC(C)C)C(F)(F)C(=O)OC.CC(C)CC(O)C(F)(F)C(=O)O.COC(=O)C(F)(F)C(O)CC(C)C. The largest absolute Gasteiger partial charge is 0.477 e. The van der Waals surface area contributed by atoms with Crippen molar-refractivity contribution in [3.63, 3.8) is 0 Å². The molecule has 16 heteroatoms. The third-order valence-corrected chi connectivity index (χ3v) is 5.11. The lowest BCUT2D eigenvalue weighted by Crippen LogP contribution is -2.45. The first kappa shape index (κ1) is 44.6. The summed E-state index contributed by atoms with van der Waals surface area (Å²) in [5, 5.41) is 25.8. The molecule has 0 spiro atoms. The minimum absolute atomic E-state index is 0.00979. The number of carbonyl (C=O) groups is 4. The van der Waals surface area contributed by atoms with E-state index in [0.717, 1.165) is 14.2 Å². The van der Waals surface area contributed by atoms with Crippen molar-refractivity contribution in [1.29, 1.82) is 0 Å². The summed E-state index contributed by atoms with van der Waals surface area (Å²) in [4.78, 5) is 42.8. The summed E-state index contributed by atoms with van der Waals surface area (Å²) in [7, 11) is 1.71. The van der Waals surface area contributed by atoms with Crippen LogP contribution in [0.3, 0.4) is 0 Å². The maximum Gasteiger partial charge on any atom is 0.380 e. The number of alkyl halides is 6. The first-order valence-electron chi connectivity index (χ1n) is 13.0. The second kappa shape index (κ2) is 19.4. The van der Waals surface area contributed by atoms with Gasteiger partial charge in [0.1, 0.15) is 12.2 Å². The number of aliphatic carboxylic acids is 1. The van der Waals surface area contributed by atoms with Gasteiger partial charge in [-0.3, -0.25) is 0 Å². The number of aliphatic hydroxyl groups is 2. The predicted molar refractivity (Wildman–Crippen MR) is 142 cm³/mol. The Hall–Kier alpha value is -2.88. The van der Waals surface area contributed by atoms with Crippen molar-refractivity contribution in [2.24, 2.45) is 17.8 Å². The van der Waals surface area contributed by atoms with Gasteiger partial charge in [-0.2, -0.15) is 26.3 Å². The molecule has 0 amide bonds. The molecule has 0 rings (SSSR count). The van der Waals surface area contributed by atoms with Gasteiger partial charge >= 0.3 is 41.6 Å². The quantitative estimate of drug-likeness (QED) is 0.106. The smallest absolute Gasteiger partial charge is 0.380 e. The van der Waals surface area contributed by atoms with Crippen LogP contribution in [0.25, 0.3) is 0 Å². The second-order valence-electron chi connectivity index (χ2n) is 10.8. The van der Waals surface area contributed by atoms with E-state index in [1.165, 1.54) is 6.92 Å². The Morgan fingerprint density at radius 2 is 1.00 bits per heavy atom. The highest BCUT2D eigenvalue weighted by atomic mass is 19.3. The van der Waals surface area contributed by atoms with E-state index < -0.39 is 60.0 Å². The molecule has 10 nitrogen and oxygen atoms in total. The first-order chi connectivity index (χ1) is 19.2. The van der Waals surface area contributed by atoms with E-state index in [-0.39, 0.29) is 42.6 Å². The minimum Gasteiger partial charge on any atom is -0.477 e. The van der Waals surface area contributed by atoms with Crippen molar-refractivity contribution in [2.45, 2.75) is 104 Å². The lowest BCUT2D eigenvalue weighted by molar-refractivity contribution is -0.196. The van der Waals surface area contributed by atoms with E-state index >= 15 is 0 Å². The molecule has 3 N–H and O–H groups in total. The van der Waals surface area contributed by atoms with Gasteiger partial charge in [0.2, 0.25) is 0 Å². The Bertz CT molecular complexity index is 907. The Balaban J connectivity index is -0.000000574. The van der Waals surface area contributed by atoms with Crippen molar-refractivity contribution >= 4 is 23.9 Å². The second-order valence-corrected chi connectivity index (χ2v) is 10.8. The van der Waals surface area contributed by atoms with Crippen molar-refractivity contribution in [3.05, 3.63) is 12.2 Å². The molecule has 0 fully saturated rings. The normalized spacial score (nSPS) is 14.0. The summed E-state index contributed by atoms with van der Waals surface area (Å²) in [5.41, 5.74) is -0.00979. The molecule has 43 heavy (non-hydrogen) atoms. The average molecular weight is 643 g/mol. The molecule has 0 aliphatic carbocycles. The standard InChI is InChI=1S/C12H18F2O4.C8H14F2O3.C7H12F2O3/c1-7(2)6-9(18-10(15)8(3)4)12(13,14)11(16)17-5;1-5(2)4-6(11)8(9,10)7(12)13-3;1-4(2)3-5(10)7(8,9)6(11)12/h7,9H,3,6H2,1-2,4-5H3;5-6,11H,4H2,1-3H3;4-5,10H,3H2,1-2H3,(H,11,12). The lowest BCUT2D eigenvalue weighted by atomic mass is 10.0. The van der Waals surface area contributed by atoms with Gasteiger partial charge in [0.25, 0.3) is 0 Å². The number of esters is 3. The van der Waals surface area contributed by atoms with Gasteiger partial charge in [0.05, 0.1) is 14.2 Å². The molecule has 254 valence electrons. The zero-order chi connectivity index (χ0) is 35.1. The molecule has 0 aromatic heterocycles. The van der Waals surface area contributed by atoms with Crippen LogP contribution >= 0.6 is 0 Å². The van der Waals surface area contributed by atoms with Crippen LogP contribution in [0, 0.1) is 17.8 Å². The monoisotopic (exact) mass is 642 g/mol. The lowest BCUT2D eigenvalue weighted by Gasteiger charge is -2.26. The Kier molecular flexibility index (Phi) is 20.1. The number of hydrogen-bond acceptors (Lipinski definition) is 9. The first-order valence-corrected chi connectivity index (χ1v) is 13.0. The average Bonchev–Trinajstić information content (AvgIpc) is 2.86. The third kappa shape index (κ3) is 16.5. The van der Waals surface area contributed by atoms with Gasteiger partial charge in [0.15, 0.2) is 6.10 Å². The Labute approximate surface area is 247 Å². The van der Waals surface area contributed by atoms with E-state index in [4.69, 9.17) is 15.3 Å². The van der Waals surface area contributed by atoms with Crippen LogP contribution in [0.1, 0.15) is 67.7 Å². The summed E-state index contributed by atoms with van der Waals surface area (Å²) in [5.74, 6) is -18.8. The molecule has 0 aliphatic heterocycles. The van der Waals surface area contributed by atoms with Crippen LogP contribution in [0.15, 0.2) is 12.2 Å². The van der Waals surface area contributed by atoms with E-state index in [9.17, 15) is 45.5 Å². The maximum absolute atomic E-state index is 13.7. The molecule has 3 atom stereocenters. The van der Waals surface area contributed by atoms with E-state index in [0.29, 0.717) is 0 Å². The van der Waals surface area contributed by atoms with Crippen LogP contribution in [-0.2, 0) is 33.4 Å². The minimum atomic E-state index is -4.04. The topological polar surface area (TPSA) is 157 Å². The number of carboxylic acids is 1. The van der Waals surface area contributed by atoms with Crippen LogP contribution < -0.4 is 0 Å². The van der Waals surface area contributed by atoms with Gasteiger partial charge in [0, 0.05) is 5.57 Å². The highest BCUT2D eigenvalue weighted by Crippen LogP contribution is 2.29. The van der Waals surface area contributed by atoms with Crippen molar-refractivity contribution < 1.29 is 75.1 Å². The number of rotatable bonds is 14. The van der Waals surface area contributed by atoms with Gasteiger partial charge < -0.3 is 29.5 Å². The summed E-state index contributed by atoms with van der Waals surface area (Å²) in [6.45, 7) is 14.6. The molecule has 0 aromatic carbocycles. The summed E-state index contributed by atoms with van der Waals surface area (Å²) in [6, 6.07) is 0. The molecular weight excluding hydrogens is 598 g/mol. The van der Waals surface area contributed by atoms with E-state index in [1.807, 2.05) is 0 Å². The summed E-state index contributed by atoms with van der Waals surface area (Å²) < 4.78 is 90.5. The van der Waals surface area contributed by atoms with E-state index in [2.05, 4.69) is 20.8 Å². The summed E-state index contributed by atoms with van der Waals surface area (Å²) >= 11 is 0. The Morgan fingerprint density at radius 3 is 1.28 bits per heavy atom. The fraction of sp³-hybridized carbons (Fsp3) is 0.778. The Morgan fingerprint density at radius 1 is 0.674 bits per heavy atom. The molecule has 0 radical (unpaired) electrons.